The Morgan fingerprint density at radius 1 is 1.42 bits per heavy atom. The number of hydrogen-bond acceptors (Lipinski definition) is 3. The summed E-state index contributed by atoms with van der Waals surface area (Å²) in [6.45, 7) is 6.49. The number of aryl methyl sites for hydroxylation is 1. The number of phenolic OH excluding ortho intramolecular Hbond substituents is 1. The van der Waals surface area contributed by atoms with Gasteiger partial charge >= 0.3 is 5.97 Å². The average Bonchev–Trinajstić information content (AvgIpc) is 2.81. The quantitative estimate of drug-likeness (QED) is 0.784. The summed E-state index contributed by atoms with van der Waals surface area (Å²) in [6.07, 6.45) is 0.534. The Kier molecular flexibility index (Phi) is 3.80. The highest BCUT2D eigenvalue weighted by molar-refractivity contribution is 5.71. The van der Waals surface area contributed by atoms with Crippen molar-refractivity contribution in [2.45, 2.75) is 39.2 Å². The van der Waals surface area contributed by atoms with Crippen LogP contribution in [0.15, 0.2) is 12.1 Å². The zero-order valence-electron chi connectivity index (χ0n) is 11.6. The number of nitrogens with one attached hydrogen (secondary N) is 1. The molecule has 1 heterocycles. The van der Waals surface area contributed by atoms with Gasteiger partial charge in [-0.3, -0.25) is 4.79 Å². The van der Waals surface area contributed by atoms with Gasteiger partial charge in [-0.05, 0) is 30.4 Å². The summed E-state index contributed by atoms with van der Waals surface area (Å²) in [5.41, 5.74) is 2.80. The van der Waals surface area contributed by atoms with Gasteiger partial charge in [0.15, 0.2) is 0 Å². The van der Waals surface area contributed by atoms with Crippen molar-refractivity contribution in [3.63, 3.8) is 0 Å². The fourth-order valence-electron chi connectivity index (χ4n) is 2.75. The predicted octanol–water partition coefficient (Wildman–Crippen LogP) is 2.56. The number of phenols is 1. The molecule has 1 fully saturated rings. The monoisotopic (exact) mass is 263 g/mol. The van der Waals surface area contributed by atoms with Crippen LogP contribution in [0.5, 0.6) is 5.75 Å². The van der Waals surface area contributed by atoms with Crippen LogP contribution in [0, 0.1) is 12.8 Å². The van der Waals surface area contributed by atoms with Gasteiger partial charge in [0.2, 0.25) is 0 Å². The molecule has 3 N–H and O–H groups in total. The summed E-state index contributed by atoms with van der Waals surface area (Å²) in [6, 6.07) is 3.88. The van der Waals surface area contributed by atoms with Crippen LogP contribution in [-0.4, -0.2) is 22.7 Å². The fourth-order valence-corrected chi connectivity index (χ4v) is 2.75. The van der Waals surface area contributed by atoms with Gasteiger partial charge in [0.25, 0.3) is 0 Å². The molecule has 2 unspecified atom stereocenters. The summed E-state index contributed by atoms with van der Waals surface area (Å²) >= 11 is 0. The molecule has 1 saturated heterocycles. The smallest absolute Gasteiger partial charge is 0.307 e. The van der Waals surface area contributed by atoms with Gasteiger partial charge in [-0.25, -0.2) is 0 Å². The van der Waals surface area contributed by atoms with Crippen molar-refractivity contribution in [3.05, 3.63) is 28.8 Å². The van der Waals surface area contributed by atoms with E-state index in [1.807, 2.05) is 19.1 Å². The molecule has 0 saturated carbocycles. The van der Waals surface area contributed by atoms with Gasteiger partial charge in [-0.2, -0.15) is 0 Å². The molecule has 2 rings (SSSR count). The summed E-state index contributed by atoms with van der Waals surface area (Å²) in [5, 5.41) is 22.6. The van der Waals surface area contributed by atoms with Crippen LogP contribution < -0.4 is 5.32 Å². The van der Waals surface area contributed by atoms with Gasteiger partial charge < -0.3 is 15.5 Å². The van der Waals surface area contributed by atoms with Crippen LogP contribution in [0.3, 0.4) is 0 Å². The molecule has 0 bridgehead atoms. The lowest BCUT2D eigenvalue weighted by Crippen LogP contribution is -2.18. The second-order valence-corrected chi connectivity index (χ2v) is 5.62. The van der Waals surface area contributed by atoms with Gasteiger partial charge in [0.1, 0.15) is 5.75 Å². The minimum atomic E-state index is -0.770. The lowest BCUT2D eigenvalue weighted by molar-refractivity contribution is -0.141. The summed E-state index contributed by atoms with van der Waals surface area (Å²) in [5.74, 6) is -0.542. The zero-order valence-corrected chi connectivity index (χ0v) is 11.6. The van der Waals surface area contributed by atoms with E-state index in [9.17, 15) is 9.90 Å². The number of hydrogen-bond donors (Lipinski definition) is 3. The highest BCUT2D eigenvalue weighted by Gasteiger charge is 2.33. The number of aliphatic carboxylic acids is 1. The number of rotatable bonds is 3. The summed E-state index contributed by atoms with van der Waals surface area (Å²) in [7, 11) is 0. The van der Waals surface area contributed by atoms with E-state index in [-0.39, 0.29) is 12.0 Å². The van der Waals surface area contributed by atoms with Crippen molar-refractivity contribution in [1.82, 2.24) is 5.32 Å². The van der Waals surface area contributed by atoms with Gasteiger partial charge in [0, 0.05) is 18.2 Å². The first-order valence-electron chi connectivity index (χ1n) is 6.70. The van der Waals surface area contributed by atoms with Gasteiger partial charge in [-0.1, -0.05) is 26.0 Å². The van der Waals surface area contributed by atoms with Crippen LogP contribution in [-0.2, 0) is 4.79 Å². The van der Waals surface area contributed by atoms with E-state index in [0.717, 1.165) is 16.7 Å². The molecule has 0 aromatic heterocycles. The van der Waals surface area contributed by atoms with E-state index >= 15 is 0 Å². The topological polar surface area (TPSA) is 69.6 Å². The fraction of sp³-hybridized carbons (Fsp3) is 0.533. The molecule has 4 heteroatoms. The molecule has 0 amide bonds. The van der Waals surface area contributed by atoms with Crippen LogP contribution >= 0.6 is 0 Å². The lowest BCUT2D eigenvalue weighted by atomic mass is 9.88. The van der Waals surface area contributed by atoms with E-state index in [1.54, 1.807) is 0 Å². The number of carboxylic acid groups (broad SMARTS) is 1. The minimum absolute atomic E-state index is 0.0709. The molecule has 104 valence electrons. The maximum Gasteiger partial charge on any atom is 0.307 e. The van der Waals surface area contributed by atoms with Crippen molar-refractivity contribution < 1.29 is 15.0 Å². The third-order valence-electron chi connectivity index (χ3n) is 3.90. The molecular weight excluding hydrogens is 242 g/mol. The first kappa shape index (κ1) is 13.9. The molecular formula is C15H21NO3. The zero-order chi connectivity index (χ0) is 14.2. The Morgan fingerprint density at radius 3 is 2.63 bits per heavy atom. The number of carboxylic acids is 1. The van der Waals surface area contributed by atoms with E-state index < -0.39 is 5.97 Å². The van der Waals surface area contributed by atoms with Crippen molar-refractivity contribution >= 4 is 5.97 Å². The molecule has 0 aliphatic carbocycles. The SMILES string of the molecule is Cc1ccc(C(C)C)c(C2CC(C(=O)O)CN2)c1O. The Hall–Kier alpha value is -1.55. The highest BCUT2D eigenvalue weighted by Crippen LogP contribution is 2.39. The second-order valence-electron chi connectivity index (χ2n) is 5.62. The molecule has 0 spiro atoms. The van der Waals surface area contributed by atoms with E-state index in [1.165, 1.54) is 0 Å². The minimum Gasteiger partial charge on any atom is -0.507 e. The standard InChI is InChI=1S/C15H21NO3/c1-8(2)11-5-4-9(3)14(17)13(11)12-6-10(7-16-12)15(18)19/h4-5,8,10,12,16-17H,6-7H2,1-3H3,(H,18,19). The average molecular weight is 263 g/mol. The molecule has 0 radical (unpaired) electrons. The molecule has 1 aliphatic heterocycles. The third-order valence-corrected chi connectivity index (χ3v) is 3.90. The Bertz CT molecular complexity index is 496. The summed E-state index contributed by atoms with van der Waals surface area (Å²) < 4.78 is 0. The number of aromatic hydroxyl groups is 1. The Labute approximate surface area is 113 Å². The largest absolute Gasteiger partial charge is 0.507 e. The van der Waals surface area contributed by atoms with Crippen molar-refractivity contribution in [1.29, 1.82) is 0 Å². The third kappa shape index (κ3) is 2.59. The Balaban J connectivity index is 2.39. The molecule has 19 heavy (non-hydrogen) atoms. The molecule has 2 atom stereocenters. The lowest BCUT2D eigenvalue weighted by Gasteiger charge is -2.21. The number of benzene rings is 1. The Morgan fingerprint density at radius 2 is 2.11 bits per heavy atom. The maximum absolute atomic E-state index is 11.0. The van der Waals surface area contributed by atoms with Gasteiger partial charge in [0.05, 0.1) is 5.92 Å². The van der Waals surface area contributed by atoms with E-state index in [2.05, 4.69) is 19.2 Å². The maximum atomic E-state index is 11.0. The number of carbonyl (C=O) groups is 1. The predicted molar refractivity (Wildman–Crippen MR) is 73.4 cm³/mol. The van der Waals surface area contributed by atoms with Crippen molar-refractivity contribution in [3.8, 4) is 5.75 Å². The summed E-state index contributed by atoms with van der Waals surface area (Å²) in [4.78, 5) is 11.0. The van der Waals surface area contributed by atoms with Gasteiger partial charge in [-0.15, -0.1) is 0 Å². The van der Waals surface area contributed by atoms with Crippen LogP contribution in [0.1, 0.15) is 48.9 Å². The van der Waals surface area contributed by atoms with E-state index in [4.69, 9.17) is 5.11 Å². The molecule has 1 aromatic carbocycles. The first-order valence-corrected chi connectivity index (χ1v) is 6.70. The highest BCUT2D eigenvalue weighted by atomic mass is 16.4. The van der Waals surface area contributed by atoms with E-state index in [0.29, 0.717) is 24.6 Å². The van der Waals surface area contributed by atoms with Crippen molar-refractivity contribution in [2.75, 3.05) is 6.54 Å². The van der Waals surface area contributed by atoms with Crippen LogP contribution in [0.25, 0.3) is 0 Å². The van der Waals surface area contributed by atoms with Crippen molar-refractivity contribution in [2.24, 2.45) is 5.92 Å². The van der Waals surface area contributed by atoms with Crippen LogP contribution in [0.2, 0.25) is 0 Å². The second kappa shape index (κ2) is 5.21. The molecule has 1 aliphatic rings. The van der Waals surface area contributed by atoms with Crippen LogP contribution in [0.4, 0.5) is 0 Å². The first-order chi connectivity index (χ1) is 8.91. The molecule has 1 aromatic rings. The normalized spacial score (nSPS) is 22.9. The molecule has 4 nitrogen and oxygen atoms in total.